The van der Waals surface area contributed by atoms with Crippen molar-refractivity contribution < 1.29 is 9.53 Å². The van der Waals surface area contributed by atoms with E-state index < -0.39 is 0 Å². The maximum atomic E-state index is 11.9. The Morgan fingerprint density at radius 2 is 2.59 bits per heavy atom. The zero-order chi connectivity index (χ0) is 12.3. The summed E-state index contributed by atoms with van der Waals surface area (Å²) in [6, 6.07) is 1.97. The number of nitrogens with one attached hydrogen (secondary N) is 2. The van der Waals surface area contributed by atoms with Crippen LogP contribution in [0, 0.1) is 6.92 Å². The van der Waals surface area contributed by atoms with Gasteiger partial charge in [0.25, 0.3) is 5.91 Å². The fourth-order valence-corrected chi connectivity index (χ4v) is 1.88. The van der Waals surface area contributed by atoms with E-state index in [-0.39, 0.29) is 11.9 Å². The first-order chi connectivity index (χ1) is 8.16. The highest BCUT2D eigenvalue weighted by atomic mass is 16.5. The molecule has 1 aromatic heterocycles. The molecular weight excluding hydrogens is 220 g/mol. The summed E-state index contributed by atoms with van der Waals surface area (Å²) in [6.07, 6.45) is 0. The van der Waals surface area contributed by atoms with E-state index in [0.29, 0.717) is 18.8 Å². The van der Waals surface area contributed by atoms with Crippen LogP contribution < -0.4 is 10.6 Å². The number of ether oxygens (including phenoxy) is 1. The summed E-state index contributed by atoms with van der Waals surface area (Å²) in [5.41, 5.74) is 1.43. The zero-order valence-electron chi connectivity index (χ0n) is 10.2. The van der Waals surface area contributed by atoms with Crippen LogP contribution in [0.4, 0.5) is 0 Å². The molecule has 1 amide bonds. The van der Waals surface area contributed by atoms with E-state index in [1.165, 1.54) is 0 Å². The minimum absolute atomic E-state index is 0.0968. The molecule has 2 heterocycles. The van der Waals surface area contributed by atoms with Crippen molar-refractivity contribution >= 4 is 5.91 Å². The Kier molecular flexibility index (Phi) is 3.75. The maximum absolute atomic E-state index is 11.9. The van der Waals surface area contributed by atoms with Gasteiger partial charge in [0.15, 0.2) is 0 Å². The molecule has 0 aliphatic carbocycles. The molecule has 6 heteroatoms. The molecule has 0 radical (unpaired) electrons. The Labute approximate surface area is 100 Å². The van der Waals surface area contributed by atoms with Gasteiger partial charge in [0.05, 0.1) is 18.9 Å². The molecule has 1 fully saturated rings. The summed E-state index contributed by atoms with van der Waals surface area (Å²) in [7, 11) is 1.77. The molecular formula is C11H18N4O2. The van der Waals surface area contributed by atoms with E-state index in [9.17, 15) is 4.79 Å². The number of carbonyl (C=O) groups excluding carboxylic acids is 1. The van der Waals surface area contributed by atoms with Gasteiger partial charge in [-0.15, -0.1) is 0 Å². The second-order valence-corrected chi connectivity index (χ2v) is 4.23. The molecule has 0 saturated carbocycles. The lowest BCUT2D eigenvalue weighted by Gasteiger charge is -2.23. The van der Waals surface area contributed by atoms with E-state index in [1.807, 2.05) is 6.92 Å². The molecule has 2 rings (SSSR count). The van der Waals surface area contributed by atoms with Crippen LogP contribution >= 0.6 is 0 Å². The maximum Gasteiger partial charge on any atom is 0.269 e. The van der Waals surface area contributed by atoms with E-state index in [1.54, 1.807) is 17.8 Å². The Balaban J connectivity index is 1.86. The molecule has 6 nitrogen and oxygen atoms in total. The average molecular weight is 238 g/mol. The minimum Gasteiger partial charge on any atom is -0.378 e. The third-order valence-electron chi connectivity index (χ3n) is 2.74. The van der Waals surface area contributed by atoms with Crippen LogP contribution in [0.3, 0.4) is 0 Å². The van der Waals surface area contributed by atoms with Crippen LogP contribution in [0.2, 0.25) is 0 Å². The predicted octanol–water partition coefficient (Wildman–Crippen LogP) is -0.553. The lowest BCUT2D eigenvalue weighted by molar-refractivity contribution is 0.0732. The number of aromatic nitrogens is 2. The van der Waals surface area contributed by atoms with Crippen LogP contribution in [0.15, 0.2) is 6.07 Å². The summed E-state index contributed by atoms with van der Waals surface area (Å²) in [6.45, 7) is 4.66. The van der Waals surface area contributed by atoms with Crippen LogP contribution in [0.5, 0.6) is 0 Å². The standard InChI is InChI=1S/C11H18N4O2/c1-8-5-10(15(2)14-8)11(16)13-6-9-7-17-4-3-12-9/h5,9,12H,3-4,6-7H2,1-2H3,(H,13,16). The Bertz CT molecular complexity index is 396. The molecule has 1 unspecified atom stereocenters. The number of hydrogen-bond donors (Lipinski definition) is 2. The van der Waals surface area contributed by atoms with Crippen LogP contribution in [-0.4, -0.2) is 48.0 Å². The summed E-state index contributed by atoms with van der Waals surface area (Å²) >= 11 is 0. The number of nitrogens with zero attached hydrogens (tertiary/aromatic N) is 2. The molecule has 2 N–H and O–H groups in total. The SMILES string of the molecule is Cc1cc(C(=O)NCC2COCCN2)n(C)n1. The fraction of sp³-hybridized carbons (Fsp3) is 0.636. The van der Waals surface area contributed by atoms with E-state index in [2.05, 4.69) is 15.7 Å². The molecule has 94 valence electrons. The van der Waals surface area contributed by atoms with E-state index >= 15 is 0 Å². The van der Waals surface area contributed by atoms with Crippen LogP contribution in [0.1, 0.15) is 16.2 Å². The minimum atomic E-state index is -0.0968. The Morgan fingerprint density at radius 3 is 3.18 bits per heavy atom. The summed E-state index contributed by atoms with van der Waals surface area (Å²) in [4.78, 5) is 11.9. The quantitative estimate of drug-likeness (QED) is 0.741. The molecule has 0 spiro atoms. The van der Waals surface area contributed by atoms with Crippen LogP contribution in [0.25, 0.3) is 0 Å². The van der Waals surface area contributed by atoms with Gasteiger partial charge < -0.3 is 15.4 Å². The summed E-state index contributed by atoms with van der Waals surface area (Å²) in [5.74, 6) is -0.0968. The normalized spacial score (nSPS) is 20.2. The molecule has 0 bridgehead atoms. The third-order valence-corrected chi connectivity index (χ3v) is 2.74. The van der Waals surface area contributed by atoms with Crippen molar-refractivity contribution in [2.24, 2.45) is 7.05 Å². The molecule has 1 aliphatic heterocycles. The highest BCUT2D eigenvalue weighted by Gasteiger charge is 2.16. The molecule has 1 saturated heterocycles. The van der Waals surface area contributed by atoms with Crippen molar-refractivity contribution in [3.63, 3.8) is 0 Å². The van der Waals surface area contributed by atoms with Gasteiger partial charge in [0.1, 0.15) is 5.69 Å². The van der Waals surface area contributed by atoms with Gasteiger partial charge in [0, 0.05) is 26.2 Å². The number of rotatable bonds is 3. The summed E-state index contributed by atoms with van der Waals surface area (Å²) in [5, 5.41) is 10.3. The number of amides is 1. The van der Waals surface area contributed by atoms with E-state index in [0.717, 1.165) is 18.8 Å². The van der Waals surface area contributed by atoms with Crippen molar-refractivity contribution in [1.29, 1.82) is 0 Å². The first-order valence-electron chi connectivity index (χ1n) is 5.77. The van der Waals surface area contributed by atoms with Gasteiger partial charge in [-0.3, -0.25) is 9.48 Å². The largest absolute Gasteiger partial charge is 0.378 e. The molecule has 0 aromatic carbocycles. The van der Waals surface area contributed by atoms with E-state index in [4.69, 9.17) is 4.74 Å². The van der Waals surface area contributed by atoms with Crippen molar-refractivity contribution in [2.75, 3.05) is 26.3 Å². The first kappa shape index (κ1) is 12.1. The molecule has 1 atom stereocenters. The second kappa shape index (κ2) is 5.29. The van der Waals surface area contributed by atoms with Gasteiger partial charge in [-0.05, 0) is 13.0 Å². The van der Waals surface area contributed by atoms with Gasteiger partial charge >= 0.3 is 0 Å². The lowest BCUT2D eigenvalue weighted by Crippen LogP contribution is -2.48. The lowest BCUT2D eigenvalue weighted by atomic mass is 10.2. The van der Waals surface area contributed by atoms with Crippen molar-refractivity contribution in [3.05, 3.63) is 17.5 Å². The average Bonchev–Trinajstić information content (AvgIpc) is 2.67. The molecule has 1 aliphatic rings. The monoisotopic (exact) mass is 238 g/mol. The third kappa shape index (κ3) is 3.04. The molecule has 17 heavy (non-hydrogen) atoms. The first-order valence-corrected chi connectivity index (χ1v) is 5.77. The van der Waals surface area contributed by atoms with Crippen molar-refractivity contribution in [1.82, 2.24) is 20.4 Å². The highest BCUT2D eigenvalue weighted by Crippen LogP contribution is 2.01. The van der Waals surface area contributed by atoms with Crippen molar-refractivity contribution in [3.8, 4) is 0 Å². The predicted molar refractivity (Wildman–Crippen MR) is 62.9 cm³/mol. The number of carbonyl (C=O) groups is 1. The highest BCUT2D eigenvalue weighted by molar-refractivity contribution is 5.92. The fourth-order valence-electron chi connectivity index (χ4n) is 1.88. The second-order valence-electron chi connectivity index (χ2n) is 4.23. The zero-order valence-corrected chi connectivity index (χ0v) is 10.2. The van der Waals surface area contributed by atoms with Gasteiger partial charge in [-0.1, -0.05) is 0 Å². The van der Waals surface area contributed by atoms with Gasteiger partial charge in [-0.2, -0.15) is 5.10 Å². The Hall–Kier alpha value is -1.40. The van der Waals surface area contributed by atoms with Gasteiger partial charge in [0.2, 0.25) is 0 Å². The summed E-state index contributed by atoms with van der Waals surface area (Å²) < 4.78 is 6.91. The number of morpholine rings is 1. The number of aryl methyl sites for hydroxylation is 2. The molecule has 1 aromatic rings. The smallest absolute Gasteiger partial charge is 0.269 e. The van der Waals surface area contributed by atoms with Gasteiger partial charge in [-0.25, -0.2) is 0 Å². The number of hydrogen-bond acceptors (Lipinski definition) is 4. The Morgan fingerprint density at radius 1 is 1.76 bits per heavy atom. The van der Waals surface area contributed by atoms with Crippen molar-refractivity contribution in [2.45, 2.75) is 13.0 Å². The topological polar surface area (TPSA) is 68.2 Å². The van der Waals surface area contributed by atoms with Crippen LogP contribution in [-0.2, 0) is 11.8 Å².